The highest BCUT2D eigenvalue weighted by Gasteiger charge is 2.15. The number of amides is 1. The average Bonchev–Trinajstić information content (AvgIpc) is 2.27. The van der Waals surface area contributed by atoms with Crippen LogP contribution in [0.15, 0.2) is 29.4 Å². The van der Waals surface area contributed by atoms with E-state index in [1.807, 2.05) is 31.2 Å². The minimum absolute atomic E-state index is 0.328. The van der Waals surface area contributed by atoms with Gasteiger partial charge in [-0.05, 0) is 33.3 Å². The molecule has 1 rings (SSSR count). The van der Waals surface area contributed by atoms with Gasteiger partial charge in [0.05, 0.1) is 0 Å². The summed E-state index contributed by atoms with van der Waals surface area (Å²) in [6, 6.07) is 7.96. The van der Waals surface area contributed by atoms with Crippen LogP contribution in [-0.4, -0.2) is 17.5 Å². The van der Waals surface area contributed by atoms with E-state index in [9.17, 15) is 4.79 Å². The summed E-state index contributed by atoms with van der Waals surface area (Å²) in [5.41, 5.74) is 9.68. The SMILES string of the molecule is Cc1ccc(C/C(N)=N\NC(=O)OC(C)(C)C)cc1. The van der Waals surface area contributed by atoms with Gasteiger partial charge in [-0.1, -0.05) is 29.8 Å². The standard InChI is InChI=1S/C14H21N3O2/c1-10-5-7-11(8-6-10)9-12(15)16-17-13(18)19-14(2,3)4/h5-8H,9H2,1-4H3,(H2,15,16)(H,17,18). The van der Waals surface area contributed by atoms with Gasteiger partial charge in [-0.25, -0.2) is 10.2 Å². The number of carbonyl (C=O) groups excluding carboxylic acids is 1. The van der Waals surface area contributed by atoms with Gasteiger partial charge in [-0.3, -0.25) is 0 Å². The molecule has 5 heteroatoms. The highest BCUT2D eigenvalue weighted by molar-refractivity contribution is 5.83. The molecule has 1 aromatic rings. The number of carbonyl (C=O) groups is 1. The van der Waals surface area contributed by atoms with Crippen molar-refractivity contribution in [3.05, 3.63) is 35.4 Å². The fourth-order valence-corrected chi connectivity index (χ4v) is 1.37. The predicted molar refractivity (Wildman–Crippen MR) is 75.9 cm³/mol. The molecule has 0 saturated carbocycles. The Morgan fingerprint density at radius 1 is 1.32 bits per heavy atom. The molecule has 0 radical (unpaired) electrons. The van der Waals surface area contributed by atoms with E-state index in [1.54, 1.807) is 20.8 Å². The summed E-state index contributed by atoms with van der Waals surface area (Å²) in [7, 11) is 0. The van der Waals surface area contributed by atoms with Gasteiger partial charge in [0.1, 0.15) is 11.4 Å². The Labute approximate surface area is 113 Å². The van der Waals surface area contributed by atoms with Gasteiger partial charge in [-0.15, -0.1) is 0 Å². The first-order valence-electron chi connectivity index (χ1n) is 6.13. The van der Waals surface area contributed by atoms with E-state index in [0.29, 0.717) is 12.3 Å². The lowest BCUT2D eigenvalue weighted by Crippen LogP contribution is -2.31. The number of nitrogens with zero attached hydrogens (tertiary/aromatic N) is 1. The Balaban J connectivity index is 2.49. The van der Waals surface area contributed by atoms with E-state index < -0.39 is 11.7 Å². The maximum Gasteiger partial charge on any atom is 0.428 e. The lowest BCUT2D eigenvalue weighted by molar-refractivity contribution is 0.0529. The van der Waals surface area contributed by atoms with Gasteiger partial charge < -0.3 is 10.5 Å². The Morgan fingerprint density at radius 2 is 1.89 bits per heavy atom. The van der Waals surface area contributed by atoms with Gasteiger partial charge in [0, 0.05) is 6.42 Å². The summed E-state index contributed by atoms with van der Waals surface area (Å²) in [5, 5.41) is 3.80. The number of hydrazone groups is 1. The van der Waals surface area contributed by atoms with Crippen LogP contribution in [0.4, 0.5) is 4.79 Å². The van der Waals surface area contributed by atoms with Crippen molar-refractivity contribution in [2.45, 2.75) is 39.7 Å². The molecule has 104 valence electrons. The fourth-order valence-electron chi connectivity index (χ4n) is 1.37. The van der Waals surface area contributed by atoms with Crippen LogP contribution in [0.2, 0.25) is 0 Å². The van der Waals surface area contributed by atoms with Gasteiger partial charge in [0.15, 0.2) is 0 Å². The zero-order chi connectivity index (χ0) is 14.5. The molecule has 0 fully saturated rings. The summed E-state index contributed by atoms with van der Waals surface area (Å²) in [5.74, 6) is 0.328. The lowest BCUT2D eigenvalue weighted by atomic mass is 10.1. The van der Waals surface area contributed by atoms with E-state index in [4.69, 9.17) is 10.5 Å². The minimum atomic E-state index is -0.612. The quantitative estimate of drug-likeness (QED) is 0.499. The average molecular weight is 263 g/mol. The zero-order valence-electron chi connectivity index (χ0n) is 11.9. The third-order valence-electron chi connectivity index (χ3n) is 2.20. The van der Waals surface area contributed by atoms with Crippen molar-refractivity contribution in [1.29, 1.82) is 0 Å². The van der Waals surface area contributed by atoms with Crippen molar-refractivity contribution >= 4 is 11.9 Å². The first-order valence-corrected chi connectivity index (χ1v) is 6.13. The number of hydrogen-bond donors (Lipinski definition) is 2. The molecular formula is C14H21N3O2. The second kappa shape index (κ2) is 6.22. The molecule has 1 aromatic carbocycles. The van der Waals surface area contributed by atoms with Gasteiger partial charge in [-0.2, -0.15) is 5.10 Å². The van der Waals surface area contributed by atoms with E-state index >= 15 is 0 Å². The number of ether oxygens (including phenoxy) is 1. The molecule has 0 aliphatic heterocycles. The highest BCUT2D eigenvalue weighted by Crippen LogP contribution is 2.06. The summed E-state index contributed by atoms with van der Waals surface area (Å²) in [6.45, 7) is 7.37. The largest absolute Gasteiger partial charge is 0.443 e. The summed E-state index contributed by atoms with van der Waals surface area (Å²) in [6.07, 6.45) is -0.129. The van der Waals surface area contributed by atoms with E-state index in [2.05, 4.69) is 10.5 Å². The number of nitrogens with two attached hydrogens (primary N) is 1. The number of nitrogens with one attached hydrogen (secondary N) is 1. The number of rotatable bonds is 3. The van der Waals surface area contributed by atoms with E-state index in [1.165, 1.54) is 5.56 Å². The van der Waals surface area contributed by atoms with Crippen LogP contribution >= 0.6 is 0 Å². The molecule has 0 unspecified atom stereocenters. The second-order valence-electron chi connectivity index (χ2n) is 5.38. The number of hydrogen-bond acceptors (Lipinski definition) is 3. The fraction of sp³-hybridized carbons (Fsp3) is 0.429. The first-order chi connectivity index (χ1) is 8.76. The summed E-state index contributed by atoms with van der Waals surface area (Å²) >= 11 is 0. The van der Waals surface area contributed by atoms with E-state index in [-0.39, 0.29) is 0 Å². The molecule has 3 N–H and O–H groups in total. The van der Waals surface area contributed by atoms with Crippen LogP contribution in [0.5, 0.6) is 0 Å². The van der Waals surface area contributed by atoms with Crippen molar-refractivity contribution in [2.75, 3.05) is 0 Å². The second-order valence-corrected chi connectivity index (χ2v) is 5.38. The van der Waals surface area contributed by atoms with Gasteiger partial charge >= 0.3 is 6.09 Å². The number of amidine groups is 1. The van der Waals surface area contributed by atoms with Crippen LogP contribution in [0.3, 0.4) is 0 Å². The number of benzene rings is 1. The molecule has 0 aliphatic rings. The Hall–Kier alpha value is -2.04. The first kappa shape index (κ1) is 15.0. The number of aryl methyl sites for hydroxylation is 1. The molecule has 0 saturated heterocycles. The van der Waals surface area contributed by atoms with Crippen molar-refractivity contribution in [3.8, 4) is 0 Å². The zero-order valence-corrected chi connectivity index (χ0v) is 11.9. The van der Waals surface area contributed by atoms with Crippen LogP contribution in [0, 0.1) is 6.92 Å². The molecule has 19 heavy (non-hydrogen) atoms. The molecule has 0 aliphatic carbocycles. The third kappa shape index (κ3) is 6.45. The van der Waals surface area contributed by atoms with E-state index in [0.717, 1.165) is 5.56 Å². The van der Waals surface area contributed by atoms with Crippen LogP contribution in [-0.2, 0) is 11.2 Å². The van der Waals surface area contributed by atoms with Crippen LogP contribution in [0.1, 0.15) is 31.9 Å². The monoisotopic (exact) mass is 263 g/mol. The van der Waals surface area contributed by atoms with Gasteiger partial charge in [0.2, 0.25) is 0 Å². The third-order valence-corrected chi connectivity index (χ3v) is 2.20. The molecule has 1 amide bonds. The van der Waals surface area contributed by atoms with Crippen molar-refractivity contribution in [1.82, 2.24) is 5.43 Å². The molecule has 0 aromatic heterocycles. The minimum Gasteiger partial charge on any atom is -0.443 e. The molecule has 0 atom stereocenters. The Morgan fingerprint density at radius 3 is 2.42 bits per heavy atom. The highest BCUT2D eigenvalue weighted by atomic mass is 16.6. The van der Waals surface area contributed by atoms with Crippen molar-refractivity contribution < 1.29 is 9.53 Å². The van der Waals surface area contributed by atoms with Crippen LogP contribution < -0.4 is 11.2 Å². The molecule has 5 nitrogen and oxygen atoms in total. The smallest absolute Gasteiger partial charge is 0.428 e. The van der Waals surface area contributed by atoms with Crippen molar-refractivity contribution in [3.63, 3.8) is 0 Å². The predicted octanol–water partition coefficient (Wildman–Crippen LogP) is 2.33. The molecule has 0 bridgehead atoms. The summed E-state index contributed by atoms with van der Waals surface area (Å²) < 4.78 is 5.04. The summed E-state index contributed by atoms with van der Waals surface area (Å²) in [4.78, 5) is 11.4. The van der Waals surface area contributed by atoms with Crippen LogP contribution in [0.25, 0.3) is 0 Å². The Kier molecular flexibility index (Phi) is 4.92. The normalized spacial score (nSPS) is 12.1. The van der Waals surface area contributed by atoms with Gasteiger partial charge in [0.25, 0.3) is 0 Å². The molecular weight excluding hydrogens is 242 g/mol. The Bertz CT molecular complexity index is 459. The maximum absolute atomic E-state index is 11.4. The maximum atomic E-state index is 11.4. The molecule has 0 heterocycles. The topological polar surface area (TPSA) is 76.7 Å². The lowest BCUT2D eigenvalue weighted by Gasteiger charge is -2.18. The van der Waals surface area contributed by atoms with Crippen molar-refractivity contribution in [2.24, 2.45) is 10.8 Å². The molecule has 0 spiro atoms.